The van der Waals surface area contributed by atoms with Crippen molar-refractivity contribution in [1.82, 2.24) is 9.55 Å². The third-order valence-corrected chi connectivity index (χ3v) is 4.40. The van der Waals surface area contributed by atoms with Crippen molar-refractivity contribution in [3.63, 3.8) is 0 Å². The average Bonchev–Trinajstić information content (AvgIpc) is 2.99. The first-order valence-electron chi connectivity index (χ1n) is 7.79. The van der Waals surface area contributed by atoms with E-state index < -0.39 is 0 Å². The van der Waals surface area contributed by atoms with Crippen LogP contribution in [0.2, 0.25) is 0 Å². The first-order chi connectivity index (χ1) is 11.7. The highest BCUT2D eigenvalue weighted by Crippen LogP contribution is 2.36. The molecule has 3 aromatic carbocycles. The number of nitrogens with zero attached hydrogens (tertiary/aromatic N) is 2. The van der Waals surface area contributed by atoms with Gasteiger partial charge in [0.2, 0.25) is 0 Å². The number of aryl methyl sites for hydroxylation is 1. The van der Waals surface area contributed by atoms with Gasteiger partial charge < -0.3 is 14.0 Å². The van der Waals surface area contributed by atoms with Crippen LogP contribution in [-0.4, -0.2) is 23.8 Å². The molecular formula is C20H18N2O2. The molecule has 0 amide bonds. The highest BCUT2D eigenvalue weighted by atomic mass is 16.5. The Morgan fingerprint density at radius 2 is 1.67 bits per heavy atom. The predicted octanol–water partition coefficient (Wildman–Crippen LogP) is 4.41. The minimum Gasteiger partial charge on any atom is -0.497 e. The lowest BCUT2D eigenvalue weighted by Crippen LogP contribution is -1.95. The van der Waals surface area contributed by atoms with E-state index in [0.717, 1.165) is 44.7 Å². The van der Waals surface area contributed by atoms with Gasteiger partial charge in [-0.1, -0.05) is 24.3 Å². The van der Waals surface area contributed by atoms with E-state index in [1.165, 1.54) is 0 Å². The van der Waals surface area contributed by atoms with E-state index in [-0.39, 0.29) is 0 Å². The maximum atomic E-state index is 5.62. The van der Waals surface area contributed by atoms with Gasteiger partial charge in [-0.05, 0) is 35.7 Å². The highest BCUT2D eigenvalue weighted by Gasteiger charge is 2.16. The minimum atomic E-state index is 0.832. The van der Waals surface area contributed by atoms with Gasteiger partial charge in [-0.15, -0.1) is 0 Å². The number of hydrogen-bond acceptors (Lipinski definition) is 3. The highest BCUT2D eigenvalue weighted by molar-refractivity contribution is 6.08. The van der Waals surface area contributed by atoms with Crippen LogP contribution in [0, 0.1) is 0 Å². The lowest BCUT2D eigenvalue weighted by atomic mass is 10.1. The maximum Gasteiger partial charge on any atom is 0.145 e. The van der Waals surface area contributed by atoms with Gasteiger partial charge in [-0.3, -0.25) is 0 Å². The Hall–Kier alpha value is -3.01. The van der Waals surface area contributed by atoms with Crippen LogP contribution in [0.3, 0.4) is 0 Å². The molecule has 0 aliphatic rings. The van der Waals surface area contributed by atoms with Crippen molar-refractivity contribution in [3.05, 3.63) is 54.6 Å². The number of benzene rings is 3. The summed E-state index contributed by atoms with van der Waals surface area (Å²) in [5.41, 5.74) is 3.00. The van der Waals surface area contributed by atoms with Crippen molar-refractivity contribution in [2.24, 2.45) is 7.05 Å². The zero-order chi connectivity index (χ0) is 16.7. The lowest BCUT2D eigenvalue weighted by Gasteiger charge is -2.08. The summed E-state index contributed by atoms with van der Waals surface area (Å²) in [7, 11) is 5.39. The summed E-state index contributed by atoms with van der Waals surface area (Å²) in [4.78, 5) is 4.92. The van der Waals surface area contributed by atoms with Crippen molar-refractivity contribution in [3.8, 4) is 22.9 Å². The average molecular weight is 318 g/mol. The van der Waals surface area contributed by atoms with Crippen LogP contribution < -0.4 is 9.47 Å². The van der Waals surface area contributed by atoms with E-state index in [2.05, 4.69) is 22.8 Å². The van der Waals surface area contributed by atoms with Crippen molar-refractivity contribution < 1.29 is 9.47 Å². The van der Waals surface area contributed by atoms with Crippen LogP contribution >= 0.6 is 0 Å². The lowest BCUT2D eigenvalue weighted by molar-refractivity contribution is 0.415. The van der Waals surface area contributed by atoms with Gasteiger partial charge in [0.15, 0.2) is 0 Å². The molecule has 24 heavy (non-hydrogen) atoms. The predicted molar refractivity (Wildman–Crippen MR) is 96.8 cm³/mol. The van der Waals surface area contributed by atoms with Crippen molar-refractivity contribution in [2.45, 2.75) is 0 Å². The molecule has 0 atom stereocenters. The second-order valence-corrected chi connectivity index (χ2v) is 5.72. The molecule has 0 radical (unpaired) electrons. The standard InChI is InChI=1S/C20H18N2O2/c1-22-19-17(24-3)12-14-6-4-5-7-16(14)18(19)21-20(22)13-8-10-15(23-2)11-9-13/h4-12H,1-3H3. The molecule has 0 saturated carbocycles. The summed E-state index contributed by atoms with van der Waals surface area (Å²) in [6, 6.07) is 18.3. The Morgan fingerprint density at radius 1 is 0.917 bits per heavy atom. The van der Waals surface area contributed by atoms with Crippen LogP contribution in [0.4, 0.5) is 0 Å². The number of aromatic nitrogens is 2. The smallest absolute Gasteiger partial charge is 0.145 e. The second-order valence-electron chi connectivity index (χ2n) is 5.72. The Morgan fingerprint density at radius 3 is 2.38 bits per heavy atom. The third kappa shape index (κ3) is 2.11. The largest absolute Gasteiger partial charge is 0.497 e. The summed E-state index contributed by atoms with van der Waals surface area (Å²) in [5, 5.41) is 2.25. The first kappa shape index (κ1) is 14.6. The fourth-order valence-electron chi connectivity index (χ4n) is 3.17. The molecule has 120 valence electrons. The summed E-state index contributed by atoms with van der Waals surface area (Å²) in [6.45, 7) is 0. The number of methoxy groups -OCH3 is 2. The first-order valence-corrected chi connectivity index (χ1v) is 7.79. The van der Waals surface area contributed by atoms with Crippen LogP contribution in [0.5, 0.6) is 11.5 Å². The maximum absolute atomic E-state index is 5.62. The number of ether oxygens (including phenoxy) is 2. The van der Waals surface area contributed by atoms with Crippen LogP contribution in [0.1, 0.15) is 0 Å². The zero-order valence-corrected chi connectivity index (χ0v) is 13.9. The van der Waals surface area contributed by atoms with Gasteiger partial charge in [-0.25, -0.2) is 4.98 Å². The van der Waals surface area contributed by atoms with E-state index in [1.54, 1.807) is 14.2 Å². The Labute approximate surface area is 140 Å². The van der Waals surface area contributed by atoms with Crippen LogP contribution in [0.15, 0.2) is 54.6 Å². The molecule has 0 aliphatic heterocycles. The van der Waals surface area contributed by atoms with Crippen molar-refractivity contribution in [2.75, 3.05) is 14.2 Å². The fraction of sp³-hybridized carbons (Fsp3) is 0.150. The van der Waals surface area contributed by atoms with E-state index in [0.29, 0.717) is 0 Å². The molecule has 1 aromatic heterocycles. The molecule has 0 saturated heterocycles. The molecule has 4 nitrogen and oxygen atoms in total. The van der Waals surface area contributed by atoms with Crippen molar-refractivity contribution in [1.29, 1.82) is 0 Å². The quantitative estimate of drug-likeness (QED) is 0.561. The number of rotatable bonds is 3. The van der Waals surface area contributed by atoms with Gasteiger partial charge >= 0.3 is 0 Å². The monoisotopic (exact) mass is 318 g/mol. The molecule has 1 heterocycles. The van der Waals surface area contributed by atoms with E-state index in [4.69, 9.17) is 14.5 Å². The molecule has 0 fully saturated rings. The van der Waals surface area contributed by atoms with E-state index in [9.17, 15) is 0 Å². The number of fused-ring (bicyclic) bond motifs is 3. The molecule has 4 rings (SSSR count). The molecule has 4 heteroatoms. The minimum absolute atomic E-state index is 0.832. The Bertz CT molecular complexity index is 1030. The van der Waals surface area contributed by atoms with E-state index >= 15 is 0 Å². The number of hydrogen-bond donors (Lipinski definition) is 0. The Kier molecular flexibility index (Phi) is 3.38. The summed E-state index contributed by atoms with van der Waals surface area (Å²) in [6.07, 6.45) is 0. The topological polar surface area (TPSA) is 36.3 Å². The molecular weight excluding hydrogens is 300 g/mol. The van der Waals surface area contributed by atoms with Gasteiger partial charge in [0.25, 0.3) is 0 Å². The SMILES string of the molecule is COc1ccc(-c2nc3c4ccccc4cc(OC)c3n2C)cc1. The Balaban J connectivity index is 2.03. The van der Waals surface area contributed by atoms with Crippen molar-refractivity contribution >= 4 is 21.8 Å². The summed E-state index contributed by atoms with van der Waals surface area (Å²) < 4.78 is 12.9. The van der Waals surface area contributed by atoms with Gasteiger partial charge in [0.1, 0.15) is 28.4 Å². The van der Waals surface area contributed by atoms with E-state index in [1.807, 2.05) is 43.4 Å². The molecule has 0 spiro atoms. The van der Waals surface area contributed by atoms with Crippen LogP contribution in [-0.2, 0) is 7.05 Å². The van der Waals surface area contributed by atoms with Gasteiger partial charge in [-0.2, -0.15) is 0 Å². The molecule has 0 unspecified atom stereocenters. The normalized spacial score (nSPS) is 11.1. The van der Waals surface area contributed by atoms with Gasteiger partial charge in [0.05, 0.1) is 14.2 Å². The van der Waals surface area contributed by atoms with Crippen LogP contribution in [0.25, 0.3) is 33.2 Å². The molecule has 0 aliphatic carbocycles. The number of imidazole rings is 1. The summed E-state index contributed by atoms with van der Waals surface area (Å²) >= 11 is 0. The summed E-state index contributed by atoms with van der Waals surface area (Å²) in [5.74, 6) is 2.57. The third-order valence-electron chi connectivity index (χ3n) is 4.40. The fourth-order valence-corrected chi connectivity index (χ4v) is 3.17. The molecule has 0 N–H and O–H groups in total. The zero-order valence-electron chi connectivity index (χ0n) is 13.9. The second kappa shape index (κ2) is 5.57. The molecule has 4 aromatic rings. The van der Waals surface area contributed by atoms with Gasteiger partial charge in [0, 0.05) is 18.0 Å². The molecule has 0 bridgehead atoms.